The predicted molar refractivity (Wildman–Crippen MR) is 103 cm³/mol. The van der Waals surface area contributed by atoms with Gasteiger partial charge in [0.25, 0.3) is 0 Å². The van der Waals surface area contributed by atoms with Gasteiger partial charge in [-0.3, -0.25) is 4.79 Å². The molecule has 0 aromatic heterocycles. The van der Waals surface area contributed by atoms with Crippen molar-refractivity contribution in [3.05, 3.63) is 96.1 Å². The first-order valence-corrected chi connectivity index (χ1v) is 8.55. The minimum absolute atomic E-state index is 0.227. The highest BCUT2D eigenvalue weighted by molar-refractivity contribution is 6.21. The van der Waals surface area contributed by atoms with Crippen molar-refractivity contribution < 1.29 is 4.79 Å². The largest absolute Gasteiger partial charge is 0.294 e. The third-order valence-corrected chi connectivity index (χ3v) is 5.07. The molecule has 1 heteroatoms. The topological polar surface area (TPSA) is 17.1 Å². The summed E-state index contributed by atoms with van der Waals surface area (Å²) in [6, 6.07) is 29.2. The van der Waals surface area contributed by atoms with Crippen molar-refractivity contribution in [1.82, 2.24) is 0 Å². The van der Waals surface area contributed by atoms with Crippen molar-refractivity contribution >= 4 is 16.6 Å². The molecule has 5 rings (SSSR count). The molecule has 0 spiro atoms. The molecule has 0 heterocycles. The molecule has 4 aromatic carbocycles. The molecular formula is C24H16O. The second kappa shape index (κ2) is 5.42. The van der Waals surface area contributed by atoms with Gasteiger partial charge in [-0.05, 0) is 38.6 Å². The van der Waals surface area contributed by atoms with Gasteiger partial charge in [-0.15, -0.1) is 0 Å². The van der Waals surface area contributed by atoms with Crippen LogP contribution in [0, 0.1) is 0 Å². The molecule has 0 bridgehead atoms. The molecular weight excluding hydrogens is 304 g/mol. The Morgan fingerprint density at radius 3 is 1.64 bits per heavy atom. The number of rotatable bonds is 2. The summed E-state index contributed by atoms with van der Waals surface area (Å²) >= 11 is 0. The van der Waals surface area contributed by atoms with Gasteiger partial charge in [0.05, 0.1) is 0 Å². The molecule has 1 aliphatic rings. The first kappa shape index (κ1) is 14.2. The number of benzene rings is 4. The summed E-state index contributed by atoms with van der Waals surface area (Å²) in [4.78, 5) is 12.4. The van der Waals surface area contributed by atoms with E-state index < -0.39 is 0 Å². The standard InChI is InChI=1S/C24H16O/c25-22-15-18-11-12-19(16-7-3-1-4-8-16)24-20(13-14-21(22)23(18)24)17-9-5-2-6-10-17/h1-14H,15H2. The first-order chi connectivity index (χ1) is 12.3. The van der Waals surface area contributed by atoms with Crippen LogP contribution in [0.4, 0.5) is 0 Å². The average Bonchev–Trinajstić information content (AvgIpc) is 3.01. The molecule has 1 nitrogen and oxygen atoms in total. The lowest BCUT2D eigenvalue weighted by Gasteiger charge is -2.14. The van der Waals surface area contributed by atoms with E-state index in [1.807, 2.05) is 18.2 Å². The van der Waals surface area contributed by atoms with Gasteiger partial charge in [0.1, 0.15) is 0 Å². The zero-order chi connectivity index (χ0) is 16.8. The fourth-order valence-corrected chi connectivity index (χ4v) is 3.93. The van der Waals surface area contributed by atoms with Crippen LogP contribution in [0.25, 0.3) is 33.0 Å². The van der Waals surface area contributed by atoms with Crippen LogP contribution in [0.3, 0.4) is 0 Å². The van der Waals surface area contributed by atoms with Crippen molar-refractivity contribution in [2.24, 2.45) is 0 Å². The van der Waals surface area contributed by atoms with Gasteiger partial charge in [-0.2, -0.15) is 0 Å². The number of ketones is 1. The third-order valence-electron chi connectivity index (χ3n) is 5.07. The molecule has 0 saturated carbocycles. The molecule has 0 N–H and O–H groups in total. The Labute approximate surface area is 146 Å². The Morgan fingerprint density at radius 2 is 1.04 bits per heavy atom. The third kappa shape index (κ3) is 2.13. The zero-order valence-corrected chi connectivity index (χ0v) is 13.7. The van der Waals surface area contributed by atoms with E-state index in [9.17, 15) is 4.79 Å². The van der Waals surface area contributed by atoms with Gasteiger partial charge in [-0.25, -0.2) is 0 Å². The van der Waals surface area contributed by atoms with Crippen LogP contribution in [0.2, 0.25) is 0 Å². The Morgan fingerprint density at radius 1 is 0.520 bits per heavy atom. The average molecular weight is 320 g/mol. The van der Waals surface area contributed by atoms with Crippen molar-refractivity contribution in [2.45, 2.75) is 6.42 Å². The Kier molecular flexibility index (Phi) is 3.07. The van der Waals surface area contributed by atoms with E-state index in [2.05, 4.69) is 66.7 Å². The van der Waals surface area contributed by atoms with E-state index in [0.29, 0.717) is 6.42 Å². The molecule has 0 aliphatic heterocycles. The summed E-state index contributed by atoms with van der Waals surface area (Å²) in [6.07, 6.45) is 0.513. The van der Waals surface area contributed by atoms with Crippen LogP contribution < -0.4 is 0 Å². The molecule has 0 amide bonds. The van der Waals surface area contributed by atoms with Gasteiger partial charge in [0.2, 0.25) is 0 Å². The maximum Gasteiger partial charge on any atom is 0.167 e. The fraction of sp³-hybridized carbons (Fsp3) is 0.0417. The Balaban J connectivity index is 1.94. The molecule has 0 radical (unpaired) electrons. The predicted octanol–water partition coefficient (Wildman–Crippen LogP) is 5.91. The summed E-state index contributed by atoms with van der Waals surface area (Å²) in [7, 11) is 0. The van der Waals surface area contributed by atoms with E-state index >= 15 is 0 Å². The van der Waals surface area contributed by atoms with E-state index in [1.54, 1.807) is 0 Å². The second-order valence-electron chi connectivity index (χ2n) is 6.51. The molecule has 0 saturated heterocycles. The monoisotopic (exact) mass is 320 g/mol. The number of hydrogen-bond donors (Lipinski definition) is 0. The van der Waals surface area contributed by atoms with Crippen molar-refractivity contribution in [2.75, 3.05) is 0 Å². The lowest BCUT2D eigenvalue weighted by molar-refractivity contribution is 0.1000. The van der Waals surface area contributed by atoms with E-state index in [1.165, 1.54) is 27.6 Å². The first-order valence-electron chi connectivity index (χ1n) is 8.55. The normalized spacial score (nSPS) is 12.7. The van der Waals surface area contributed by atoms with Gasteiger partial charge in [-0.1, -0.05) is 84.9 Å². The lowest BCUT2D eigenvalue weighted by atomic mass is 9.89. The zero-order valence-electron chi connectivity index (χ0n) is 13.7. The van der Waals surface area contributed by atoms with Gasteiger partial charge >= 0.3 is 0 Å². The van der Waals surface area contributed by atoms with Gasteiger partial charge < -0.3 is 0 Å². The number of carbonyl (C=O) groups excluding carboxylic acids is 1. The minimum atomic E-state index is 0.227. The van der Waals surface area contributed by atoms with E-state index in [-0.39, 0.29) is 5.78 Å². The smallest absolute Gasteiger partial charge is 0.167 e. The van der Waals surface area contributed by atoms with E-state index in [4.69, 9.17) is 0 Å². The fourth-order valence-electron chi connectivity index (χ4n) is 3.93. The summed E-state index contributed by atoms with van der Waals surface area (Å²) < 4.78 is 0. The maximum atomic E-state index is 12.4. The van der Waals surface area contributed by atoms with Crippen molar-refractivity contribution in [1.29, 1.82) is 0 Å². The van der Waals surface area contributed by atoms with Crippen LogP contribution in [0.15, 0.2) is 84.9 Å². The van der Waals surface area contributed by atoms with Crippen LogP contribution in [0.5, 0.6) is 0 Å². The molecule has 0 fully saturated rings. The second-order valence-corrected chi connectivity index (χ2v) is 6.51. The quantitative estimate of drug-likeness (QED) is 0.448. The lowest BCUT2D eigenvalue weighted by Crippen LogP contribution is -1.93. The van der Waals surface area contributed by atoms with Crippen LogP contribution in [-0.4, -0.2) is 5.78 Å². The number of carbonyl (C=O) groups is 1. The maximum absolute atomic E-state index is 12.4. The summed E-state index contributed by atoms with van der Waals surface area (Å²) in [5, 5.41) is 2.32. The SMILES string of the molecule is O=C1Cc2ccc(-c3ccccc3)c3c(-c4ccccc4)ccc1c23. The minimum Gasteiger partial charge on any atom is -0.294 e. The molecule has 1 aliphatic carbocycles. The molecule has 118 valence electrons. The molecule has 0 atom stereocenters. The van der Waals surface area contributed by atoms with Crippen LogP contribution >= 0.6 is 0 Å². The summed E-state index contributed by atoms with van der Waals surface area (Å²) in [5.41, 5.74) is 6.75. The highest BCUT2D eigenvalue weighted by atomic mass is 16.1. The highest BCUT2D eigenvalue weighted by Gasteiger charge is 2.25. The Bertz CT molecular complexity index is 1060. The summed E-state index contributed by atoms with van der Waals surface area (Å²) in [6.45, 7) is 0. The van der Waals surface area contributed by atoms with E-state index in [0.717, 1.165) is 16.5 Å². The van der Waals surface area contributed by atoms with Crippen molar-refractivity contribution in [3.8, 4) is 22.3 Å². The Hall–Kier alpha value is -3.19. The number of Topliss-reactive ketones (excluding diaryl/α,β-unsaturated/α-hetero) is 1. The van der Waals surface area contributed by atoms with Gasteiger partial charge in [0.15, 0.2) is 5.78 Å². The van der Waals surface area contributed by atoms with Crippen LogP contribution in [0.1, 0.15) is 15.9 Å². The summed E-state index contributed by atoms with van der Waals surface area (Å²) in [5.74, 6) is 0.227. The van der Waals surface area contributed by atoms with Crippen LogP contribution in [-0.2, 0) is 6.42 Å². The molecule has 0 unspecified atom stereocenters. The molecule has 25 heavy (non-hydrogen) atoms. The number of hydrogen-bond acceptors (Lipinski definition) is 1. The van der Waals surface area contributed by atoms with Gasteiger partial charge in [0, 0.05) is 12.0 Å². The highest BCUT2D eigenvalue weighted by Crippen LogP contribution is 2.42. The molecule has 4 aromatic rings. The van der Waals surface area contributed by atoms with Crippen molar-refractivity contribution in [3.63, 3.8) is 0 Å².